The van der Waals surface area contributed by atoms with Crippen molar-refractivity contribution in [2.45, 2.75) is 13.1 Å². The largest absolute Gasteiger partial charge is 0.305 e. The standard InChI is InChI=1S/C18H24N2Si/c1-19(2)13-15-9-5-7-11-17(15)21-18-12-8-6-10-16(18)14-20(3)4/h5-12H,13-14H2,1-4H3. The number of nitrogens with zero attached hydrogens (tertiary/aromatic N) is 2. The van der Waals surface area contributed by atoms with Crippen LogP contribution in [0.15, 0.2) is 48.5 Å². The molecular formula is C18H24N2Si. The number of hydrogen-bond acceptors (Lipinski definition) is 2. The molecule has 0 atom stereocenters. The zero-order chi connectivity index (χ0) is 15.2. The fraction of sp³-hybridized carbons (Fsp3) is 0.333. The Kier molecular flexibility index (Phi) is 5.73. The van der Waals surface area contributed by atoms with Crippen molar-refractivity contribution >= 4 is 19.9 Å². The normalized spacial score (nSPS) is 11.3. The molecule has 2 nitrogen and oxygen atoms in total. The summed E-state index contributed by atoms with van der Waals surface area (Å²) in [5.74, 6) is 0. The minimum Gasteiger partial charge on any atom is -0.305 e. The first-order valence-corrected chi connectivity index (χ1v) is 8.28. The molecular weight excluding hydrogens is 272 g/mol. The molecule has 0 unspecified atom stereocenters. The first kappa shape index (κ1) is 16.0. The Labute approximate surface area is 131 Å². The molecule has 2 radical (unpaired) electrons. The maximum atomic E-state index is 2.27. The van der Waals surface area contributed by atoms with Gasteiger partial charge in [-0.15, -0.1) is 0 Å². The monoisotopic (exact) mass is 296 g/mol. The molecule has 0 aliphatic heterocycles. The second-order valence-electron chi connectivity index (χ2n) is 5.91. The van der Waals surface area contributed by atoms with Crippen LogP contribution in [0.2, 0.25) is 0 Å². The molecule has 2 aromatic carbocycles. The van der Waals surface area contributed by atoms with Gasteiger partial charge in [-0.25, -0.2) is 0 Å². The van der Waals surface area contributed by atoms with Crippen LogP contribution in [-0.4, -0.2) is 47.5 Å². The molecule has 2 rings (SSSR count). The van der Waals surface area contributed by atoms with Crippen LogP contribution >= 0.6 is 0 Å². The van der Waals surface area contributed by atoms with Crippen LogP contribution in [0.5, 0.6) is 0 Å². The lowest BCUT2D eigenvalue weighted by Gasteiger charge is -2.16. The summed E-state index contributed by atoms with van der Waals surface area (Å²) in [5.41, 5.74) is 2.86. The lowest BCUT2D eigenvalue weighted by molar-refractivity contribution is 0.403. The quantitative estimate of drug-likeness (QED) is 0.745. The van der Waals surface area contributed by atoms with Gasteiger partial charge in [-0.05, 0) is 39.3 Å². The van der Waals surface area contributed by atoms with Crippen molar-refractivity contribution < 1.29 is 0 Å². The molecule has 0 N–H and O–H groups in total. The van der Waals surface area contributed by atoms with E-state index in [2.05, 4.69) is 86.5 Å². The lowest BCUT2D eigenvalue weighted by Crippen LogP contribution is -2.34. The van der Waals surface area contributed by atoms with Crippen LogP contribution in [0.25, 0.3) is 0 Å². The summed E-state index contributed by atoms with van der Waals surface area (Å²) in [7, 11) is 9.22. The van der Waals surface area contributed by atoms with Gasteiger partial charge in [0.05, 0.1) is 0 Å². The molecule has 0 saturated carbocycles. The Hall–Kier alpha value is -1.42. The Morgan fingerprint density at radius 2 is 1.05 bits per heavy atom. The zero-order valence-corrected chi connectivity index (χ0v) is 14.4. The summed E-state index contributed by atoms with van der Waals surface area (Å²) in [6.07, 6.45) is 0. The van der Waals surface area contributed by atoms with Crippen LogP contribution < -0.4 is 10.4 Å². The fourth-order valence-electron chi connectivity index (χ4n) is 2.39. The molecule has 2 aromatic rings. The Balaban J connectivity index is 2.26. The first-order chi connectivity index (χ1) is 10.1. The van der Waals surface area contributed by atoms with Gasteiger partial charge in [-0.1, -0.05) is 58.9 Å². The van der Waals surface area contributed by atoms with Crippen molar-refractivity contribution in [3.05, 3.63) is 59.7 Å². The van der Waals surface area contributed by atoms with Gasteiger partial charge in [0.25, 0.3) is 0 Å². The van der Waals surface area contributed by atoms with E-state index in [1.807, 2.05) is 0 Å². The van der Waals surface area contributed by atoms with Crippen molar-refractivity contribution in [1.82, 2.24) is 9.80 Å². The maximum absolute atomic E-state index is 2.27. The van der Waals surface area contributed by atoms with Gasteiger partial charge in [0.15, 0.2) is 0 Å². The first-order valence-electron chi connectivity index (χ1n) is 7.28. The fourth-order valence-corrected chi connectivity index (χ4v) is 3.68. The van der Waals surface area contributed by atoms with E-state index in [4.69, 9.17) is 0 Å². The molecule has 0 spiro atoms. The molecule has 0 aliphatic carbocycles. The summed E-state index contributed by atoms with van der Waals surface area (Å²) in [6, 6.07) is 17.6. The van der Waals surface area contributed by atoms with Crippen molar-refractivity contribution in [2.75, 3.05) is 28.2 Å². The van der Waals surface area contributed by atoms with Gasteiger partial charge in [-0.2, -0.15) is 0 Å². The molecule has 3 heteroatoms. The van der Waals surface area contributed by atoms with Gasteiger partial charge in [0, 0.05) is 13.1 Å². The van der Waals surface area contributed by atoms with Crippen molar-refractivity contribution in [2.24, 2.45) is 0 Å². The van der Waals surface area contributed by atoms with E-state index >= 15 is 0 Å². The molecule has 0 fully saturated rings. The zero-order valence-electron chi connectivity index (χ0n) is 13.4. The van der Waals surface area contributed by atoms with E-state index in [0.29, 0.717) is 0 Å². The van der Waals surface area contributed by atoms with Crippen LogP contribution in [0.4, 0.5) is 0 Å². The Bertz CT molecular complexity index is 527. The molecule has 110 valence electrons. The van der Waals surface area contributed by atoms with E-state index < -0.39 is 0 Å². The molecule has 0 bridgehead atoms. The summed E-state index contributed by atoms with van der Waals surface area (Å²) < 4.78 is 0. The third kappa shape index (κ3) is 4.81. The van der Waals surface area contributed by atoms with Gasteiger partial charge in [0.2, 0.25) is 0 Å². The minimum atomic E-state index is 0.720. The highest BCUT2D eigenvalue weighted by Crippen LogP contribution is 2.02. The SMILES string of the molecule is CN(C)Cc1ccccc1[Si]c1ccccc1CN(C)C. The Morgan fingerprint density at radius 1 is 0.667 bits per heavy atom. The second kappa shape index (κ2) is 7.55. The molecule has 21 heavy (non-hydrogen) atoms. The highest BCUT2D eigenvalue weighted by Gasteiger charge is 2.09. The average Bonchev–Trinajstić information content (AvgIpc) is 2.42. The molecule has 0 saturated heterocycles. The third-order valence-corrected chi connectivity index (χ3v) is 4.79. The minimum absolute atomic E-state index is 0.720. The van der Waals surface area contributed by atoms with Gasteiger partial charge >= 0.3 is 0 Å². The van der Waals surface area contributed by atoms with Crippen LogP contribution in [0, 0.1) is 0 Å². The summed E-state index contributed by atoms with van der Waals surface area (Å²) in [6.45, 7) is 2.00. The van der Waals surface area contributed by atoms with Crippen LogP contribution in [-0.2, 0) is 13.1 Å². The summed E-state index contributed by atoms with van der Waals surface area (Å²) in [5, 5.41) is 2.91. The maximum Gasteiger partial charge on any atom is 0.122 e. The topological polar surface area (TPSA) is 6.48 Å². The van der Waals surface area contributed by atoms with Gasteiger partial charge in [-0.3, -0.25) is 0 Å². The predicted octanol–water partition coefficient (Wildman–Crippen LogP) is 1.46. The molecule has 0 aliphatic rings. The average molecular weight is 296 g/mol. The number of hydrogen-bond donors (Lipinski definition) is 0. The molecule has 0 amide bonds. The van der Waals surface area contributed by atoms with E-state index in [0.717, 1.165) is 22.6 Å². The van der Waals surface area contributed by atoms with E-state index in [-0.39, 0.29) is 0 Å². The van der Waals surface area contributed by atoms with Crippen molar-refractivity contribution in [3.8, 4) is 0 Å². The number of benzene rings is 2. The van der Waals surface area contributed by atoms with Gasteiger partial charge < -0.3 is 9.80 Å². The number of rotatable bonds is 6. The Morgan fingerprint density at radius 3 is 1.43 bits per heavy atom. The summed E-state index contributed by atoms with van der Waals surface area (Å²) in [4.78, 5) is 4.46. The van der Waals surface area contributed by atoms with Crippen molar-refractivity contribution in [1.29, 1.82) is 0 Å². The smallest absolute Gasteiger partial charge is 0.122 e. The second-order valence-corrected chi connectivity index (χ2v) is 7.24. The highest BCUT2D eigenvalue weighted by atomic mass is 28.2. The van der Waals surface area contributed by atoms with Crippen LogP contribution in [0.1, 0.15) is 11.1 Å². The molecule has 0 aromatic heterocycles. The predicted molar refractivity (Wildman–Crippen MR) is 92.7 cm³/mol. The van der Waals surface area contributed by atoms with E-state index in [9.17, 15) is 0 Å². The lowest BCUT2D eigenvalue weighted by atomic mass is 10.2. The summed E-state index contributed by atoms with van der Waals surface area (Å²) >= 11 is 0. The molecule has 0 heterocycles. The van der Waals surface area contributed by atoms with Crippen molar-refractivity contribution in [3.63, 3.8) is 0 Å². The van der Waals surface area contributed by atoms with Crippen LogP contribution in [0.3, 0.4) is 0 Å². The third-order valence-electron chi connectivity index (χ3n) is 3.28. The van der Waals surface area contributed by atoms with E-state index in [1.165, 1.54) is 21.5 Å². The highest BCUT2D eigenvalue weighted by molar-refractivity contribution is 6.68. The van der Waals surface area contributed by atoms with E-state index in [1.54, 1.807) is 0 Å². The van der Waals surface area contributed by atoms with Gasteiger partial charge in [0.1, 0.15) is 9.52 Å².